The molecule has 1 aliphatic carbocycles. The Balaban J connectivity index is 1.87. The standard InChI is InChI=1S/C14H18O3/c1-16-14(15)12-6-8-13(9-7-12)17-10-11-4-2-3-5-11/h6-9,11H,2-5,10H2,1H3. The number of rotatable bonds is 4. The van der Waals surface area contributed by atoms with Gasteiger partial charge in [-0.2, -0.15) is 0 Å². The van der Waals surface area contributed by atoms with Crippen LogP contribution in [0.3, 0.4) is 0 Å². The molecule has 3 nitrogen and oxygen atoms in total. The second-order valence-electron chi connectivity index (χ2n) is 4.48. The minimum absolute atomic E-state index is 0.313. The summed E-state index contributed by atoms with van der Waals surface area (Å²) in [6.07, 6.45) is 5.21. The molecular weight excluding hydrogens is 216 g/mol. The van der Waals surface area contributed by atoms with E-state index in [9.17, 15) is 4.79 Å². The van der Waals surface area contributed by atoms with Gasteiger partial charge in [0.1, 0.15) is 5.75 Å². The van der Waals surface area contributed by atoms with Crippen molar-refractivity contribution in [3.05, 3.63) is 29.8 Å². The molecule has 0 bridgehead atoms. The highest BCUT2D eigenvalue weighted by atomic mass is 16.5. The Bertz CT molecular complexity index is 364. The number of ether oxygens (including phenoxy) is 2. The largest absolute Gasteiger partial charge is 0.493 e. The first-order valence-electron chi connectivity index (χ1n) is 6.11. The van der Waals surface area contributed by atoms with Gasteiger partial charge >= 0.3 is 5.97 Å². The van der Waals surface area contributed by atoms with Crippen molar-refractivity contribution in [2.75, 3.05) is 13.7 Å². The Morgan fingerprint density at radius 2 is 1.88 bits per heavy atom. The highest BCUT2D eigenvalue weighted by Crippen LogP contribution is 2.25. The maximum atomic E-state index is 11.2. The molecule has 1 aromatic carbocycles. The first kappa shape index (κ1) is 12.0. The SMILES string of the molecule is COC(=O)c1ccc(OCC2CCCC2)cc1. The lowest BCUT2D eigenvalue weighted by Crippen LogP contribution is -2.08. The minimum Gasteiger partial charge on any atom is -0.493 e. The lowest BCUT2D eigenvalue weighted by molar-refractivity contribution is 0.0600. The highest BCUT2D eigenvalue weighted by Gasteiger charge is 2.15. The molecule has 17 heavy (non-hydrogen) atoms. The van der Waals surface area contributed by atoms with Gasteiger partial charge < -0.3 is 9.47 Å². The van der Waals surface area contributed by atoms with Gasteiger partial charge in [-0.15, -0.1) is 0 Å². The van der Waals surface area contributed by atoms with Crippen LogP contribution in [0.2, 0.25) is 0 Å². The van der Waals surface area contributed by atoms with E-state index in [4.69, 9.17) is 4.74 Å². The van der Waals surface area contributed by atoms with Crippen molar-refractivity contribution < 1.29 is 14.3 Å². The molecule has 0 N–H and O–H groups in total. The van der Waals surface area contributed by atoms with Crippen molar-refractivity contribution >= 4 is 5.97 Å². The van der Waals surface area contributed by atoms with Crippen LogP contribution in [-0.4, -0.2) is 19.7 Å². The summed E-state index contributed by atoms with van der Waals surface area (Å²) in [6, 6.07) is 7.11. The molecular formula is C14H18O3. The van der Waals surface area contributed by atoms with E-state index in [2.05, 4.69) is 4.74 Å². The molecule has 0 heterocycles. The Labute approximate surface area is 102 Å². The lowest BCUT2D eigenvalue weighted by Gasteiger charge is -2.11. The summed E-state index contributed by atoms with van der Waals surface area (Å²) in [6.45, 7) is 0.789. The van der Waals surface area contributed by atoms with E-state index >= 15 is 0 Å². The Morgan fingerprint density at radius 1 is 1.24 bits per heavy atom. The summed E-state index contributed by atoms with van der Waals surface area (Å²) in [4.78, 5) is 11.2. The van der Waals surface area contributed by atoms with Crippen molar-refractivity contribution in [3.63, 3.8) is 0 Å². The van der Waals surface area contributed by atoms with Gasteiger partial charge in [0.05, 0.1) is 19.3 Å². The summed E-state index contributed by atoms with van der Waals surface area (Å²) < 4.78 is 10.3. The summed E-state index contributed by atoms with van der Waals surface area (Å²) >= 11 is 0. The second-order valence-corrected chi connectivity index (χ2v) is 4.48. The number of esters is 1. The average molecular weight is 234 g/mol. The molecule has 0 amide bonds. The summed E-state index contributed by atoms with van der Waals surface area (Å²) in [5.41, 5.74) is 0.556. The summed E-state index contributed by atoms with van der Waals surface area (Å²) in [5.74, 6) is 1.21. The topological polar surface area (TPSA) is 35.5 Å². The molecule has 0 saturated heterocycles. The number of hydrogen-bond donors (Lipinski definition) is 0. The van der Waals surface area contributed by atoms with Gasteiger partial charge in [0.25, 0.3) is 0 Å². The Kier molecular flexibility index (Phi) is 4.02. The lowest BCUT2D eigenvalue weighted by atomic mass is 10.1. The fourth-order valence-electron chi connectivity index (χ4n) is 2.20. The van der Waals surface area contributed by atoms with Gasteiger partial charge in [-0.05, 0) is 43.0 Å². The van der Waals surface area contributed by atoms with E-state index in [1.54, 1.807) is 12.1 Å². The number of carbonyl (C=O) groups excluding carboxylic acids is 1. The van der Waals surface area contributed by atoms with Crippen LogP contribution in [0.15, 0.2) is 24.3 Å². The molecule has 0 atom stereocenters. The van der Waals surface area contributed by atoms with Gasteiger partial charge in [0.2, 0.25) is 0 Å². The normalized spacial score (nSPS) is 15.8. The van der Waals surface area contributed by atoms with Gasteiger partial charge in [-0.3, -0.25) is 0 Å². The quantitative estimate of drug-likeness (QED) is 0.751. The van der Waals surface area contributed by atoms with Crippen LogP contribution in [0.4, 0.5) is 0 Å². The maximum absolute atomic E-state index is 11.2. The fourth-order valence-corrected chi connectivity index (χ4v) is 2.20. The van der Waals surface area contributed by atoms with Crippen molar-refractivity contribution in [2.45, 2.75) is 25.7 Å². The highest BCUT2D eigenvalue weighted by molar-refractivity contribution is 5.89. The average Bonchev–Trinajstić information content (AvgIpc) is 2.89. The van der Waals surface area contributed by atoms with E-state index in [0.717, 1.165) is 12.4 Å². The molecule has 0 unspecified atom stereocenters. The van der Waals surface area contributed by atoms with Crippen LogP contribution >= 0.6 is 0 Å². The van der Waals surface area contributed by atoms with E-state index in [1.165, 1.54) is 32.8 Å². The molecule has 3 heteroatoms. The number of benzene rings is 1. The number of carbonyl (C=O) groups is 1. The zero-order valence-corrected chi connectivity index (χ0v) is 10.1. The van der Waals surface area contributed by atoms with Crippen LogP contribution < -0.4 is 4.74 Å². The van der Waals surface area contributed by atoms with Crippen molar-refractivity contribution in [1.29, 1.82) is 0 Å². The molecule has 1 aromatic rings. The van der Waals surface area contributed by atoms with E-state index < -0.39 is 0 Å². The maximum Gasteiger partial charge on any atom is 0.337 e. The monoisotopic (exact) mass is 234 g/mol. The Morgan fingerprint density at radius 3 is 2.47 bits per heavy atom. The van der Waals surface area contributed by atoms with Crippen molar-refractivity contribution in [1.82, 2.24) is 0 Å². The molecule has 1 saturated carbocycles. The van der Waals surface area contributed by atoms with Gasteiger partial charge in [-0.1, -0.05) is 12.8 Å². The van der Waals surface area contributed by atoms with E-state index in [-0.39, 0.29) is 5.97 Å². The minimum atomic E-state index is -0.313. The van der Waals surface area contributed by atoms with Crippen LogP contribution in [-0.2, 0) is 4.74 Å². The van der Waals surface area contributed by atoms with Crippen LogP contribution in [0, 0.1) is 5.92 Å². The third kappa shape index (κ3) is 3.22. The first-order valence-corrected chi connectivity index (χ1v) is 6.11. The zero-order chi connectivity index (χ0) is 12.1. The van der Waals surface area contributed by atoms with E-state index in [1.807, 2.05) is 12.1 Å². The third-order valence-corrected chi connectivity index (χ3v) is 3.24. The molecule has 1 fully saturated rings. The smallest absolute Gasteiger partial charge is 0.337 e. The first-order chi connectivity index (χ1) is 8.29. The molecule has 0 radical (unpaired) electrons. The fraction of sp³-hybridized carbons (Fsp3) is 0.500. The van der Waals surface area contributed by atoms with Crippen molar-refractivity contribution in [2.24, 2.45) is 5.92 Å². The predicted molar refractivity (Wildman–Crippen MR) is 65.2 cm³/mol. The Hall–Kier alpha value is -1.51. The molecule has 92 valence electrons. The molecule has 2 rings (SSSR count). The predicted octanol–water partition coefficient (Wildman–Crippen LogP) is 3.04. The van der Waals surface area contributed by atoms with Crippen molar-refractivity contribution in [3.8, 4) is 5.75 Å². The van der Waals surface area contributed by atoms with Crippen LogP contribution in [0.25, 0.3) is 0 Å². The number of hydrogen-bond acceptors (Lipinski definition) is 3. The van der Waals surface area contributed by atoms with Gasteiger partial charge in [0.15, 0.2) is 0 Å². The second kappa shape index (κ2) is 5.71. The zero-order valence-electron chi connectivity index (χ0n) is 10.1. The molecule has 1 aliphatic rings. The van der Waals surface area contributed by atoms with Gasteiger partial charge in [0, 0.05) is 0 Å². The summed E-state index contributed by atoms with van der Waals surface area (Å²) in [7, 11) is 1.38. The molecule has 0 aromatic heterocycles. The third-order valence-electron chi connectivity index (χ3n) is 3.24. The number of methoxy groups -OCH3 is 1. The molecule has 0 aliphatic heterocycles. The van der Waals surface area contributed by atoms with Crippen LogP contribution in [0.1, 0.15) is 36.0 Å². The van der Waals surface area contributed by atoms with Gasteiger partial charge in [-0.25, -0.2) is 4.79 Å². The van der Waals surface area contributed by atoms with E-state index in [0.29, 0.717) is 11.5 Å². The molecule has 0 spiro atoms. The van der Waals surface area contributed by atoms with Crippen LogP contribution in [0.5, 0.6) is 5.75 Å². The summed E-state index contributed by atoms with van der Waals surface area (Å²) in [5, 5.41) is 0.